The Labute approximate surface area is 125 Å². The van der Waals surface area contributed by atoms with Crippen LogP contribution in [0.5, 0.6) is 0 Å². The third kappa shape index (κ3) is 3.59. The standard InChI is InChI=1S/C14H13ClN2O2S/c1-2-13(18)16-9-5-6-11(10(15)8-9)17-14(19)12-4-3-7-20-12/h3-8H,2H2,1H3,(H,16,18)(H,17,19). The number of halogens is 1. The maximum Gasteiger partial charge on any atom is 0.265 e. The van der Waals surface area contributed by atoms with Crippen molar-refractivity contribution in [1.82, 2.24) is 0 Å². The number of amides is 2. The minimum atomic E-state index is -0.202. The van der Waals surface area contributed by atoms with Gasteiger partial charge in [0.25, 0.3) is 5.91 Å². The molecule has 0 spiro atoms. The molecule has 2 aromatic rings. The molecule has 0 saturated heterocycles. The zero-order chi connectivity index (χ0) is 14.5. The Morgan fingerprint density at radius 3 is 2.65 bits per heavy atom. The van der Waals surface area contributed by atoms with Gasteiger partial charge >= 0.3 is 0 Å². The van der Waals surface area contributed by atoms with Crippen LogP contribution in [0.4, 0.5) is 11.4 Å². The predicted molar refractivity (Wildman–Crippen MR) is 82.6 cm³/mol. The summed E-state index contributed by atoms with van der Waals surface area (Å²) in [5, 5.41) is 7.65. The maximum absolute atomic E-state index is 11.9. The third-order valence-corrected chi connectivity index (χ3v) is 3.75. The first-order chi connectivity index (χ1) is 9.60. The van der Waals surface area contributed by atoms with Crippen molar-refractivity contribution in [2.75, 3.05) is 10.6 Å². The lowest BCUT2D eigenvalue weighted by molar-refractivity contribution is -0.115. The highest BCUT2D eigenvalue weighted by Gasteiger charge is 2.10. The normalized spacial score (nSPS) is 10.1. The lowest BCUT2D eigenvalue weighted by Gasteiger charge is -2.09. The van der Waals surface area contributed by atoms with Gasteiger partial charge in [-0.25, -0.2) is 0 Å². The van der Waals surface area contributed by atoms with Crippen molar-refractivity contribution in [3.8, 4) is 0 Å². The van der Waals surface area contributed by atoms with Gasteiger partial charge in [-0.15, -0.1) is 11.3 Å². The summed E-state index contributed by atoms with van der Waals surface area (Å²) in [4.78, 5) is 23.8. The molecule has 20 heavy (non-hydrogen) atoms. The van der Waals surface area contributed by atoms with Crippen molar-refractivity contribution in [2.45, 2.75) is 13.3 Å². The summed E-state index contributed by atoms with van der Waals surface area (Å²) in [6.07, 6.45) is 0.397. The number of rotatable bonds is 4. The van der Waals surface area contributed by atoms with Crippen LogP contribution < -0.4 is 10.6 Å². The van der Waals surface area contributed by atoms with Crippen LogP contribution in [0.25, 0.3) is 0 Å². The summed E-state index contributed by atoms with van der Waals surface area (Å²) < 4.78 is 0. The first-order valence-electron chi connectivity index (χ1n) is 6.04. The highest BCUT2D eigenvalue weighted by molar-refractivity contribution is 7.12. The molecular weight excluding hydrogens is 296 g/mol. The van der Waals surface area contributed by atoms with Gasteiger partial charge in [0.05, 0.1) is 15.6 Å². The van der Waals surface area contributed by atoms with Crippen molar-refractivity contribution in [2.24, 2.45) is 0 Å². The fourth-order valence-corrected chi connectivity index (χ4v) is 2.38. The molecule has 6 heteroatoms. The van der Waals surface area contributed by atoms with Gasteiger partial charge in [-0.2, -0.15) is 0 Å². The molecule has 2 N–H and O–H groups in total. The van der Waals surface area contributed by atoms with Crippen molar-refractivity contribution < 1.29 is 9.59 Å². The van der Waals surface area contributed by atoms with Crippen LogP contribution in [0.3, 0.4) is 0 Å². The molecule has 0 bridgehead atoms. The van der Waals surface area contributed by atoms with Crippen molar-refractivity contribution in [3.63, 3.8) is 0 Å². The topological polar surface area (TPSA) is 58.2 Å². The third-order valence-electron chi connectivity index (χ3n) is 2.57. The molecule has 1 heterocycles. The van der Waals surface area contributed by atoms with Crippen LogP contribution >= 0.6 is 22.9 Å². The Kier molecular flexibility index (Phi) is 4.76. The average molecular weight is 309 g/mol. The second-order valence-electron chi connectivity index (χ2n) is 4.03. The van der Waals surface area contributed by atoms with Gasteiger partial charge in [0, 0.05) is 12.1 Å². The smallest absolute Gasteiger partial charge is 0.265 e. The summed E-state index contributed by atoms with van der Waals surface area (Å²) in [7, 11) is 0. The first kappa shape index (κ1) is 14.6. The molecule has 2 rings (SSSR count). The van der Waals surface area contributed by atoms with Crippen LogP contribution in [0.2, 0.25) is 5.02 Å². The fourth-order valence-electron chi connectivity index (χ4n) is 1.54. The van der Waals surface area contributed by atoms with E-state index in [-0.39, 0.29) is 11.8 Å². The zero-order valence-corrected chi connectivity index (χ0v) is 12.3. The number of hydrogen-bond donors (Lipinski definition) is 2. The molecule has 1 aromatic heterocycles. The maximum atomic E-state index is 11.9. The van der Waals surface area contributed by atoms with Crippen LogP contribution in [-0.4, -0.2) is 11.8 Å². The lowest BCUT2D eigenvalue weighted by Crippen LogP contribution is -2.12. The average Bonchev–Trinajstić information content (AvgIpc) is 2.95. The Morgan fingerprint density at radius 2 is 2.05 bits per heavy atom. The molecule has 0 radical (unpaired) electrons. The minimum absolute atomic E-state index is 0.0866. The number of carbonyl (C=O) groups excluding carboxylic acids is 2. The molecule has 2 amide bonds. The molecule has 4 nitrogen and oxygen atoms in total. The van der Waals surface area contributed by atoms with E-state index in [1.165, 1.54) is 11.3 Å². The van der Waals surface area contributed by atoms with E-state index in [0.717, 1.165) is 0 Å². The minimum Gasteiger partial charge on any atom is -0.326 e. The predicted octanol–water partition coefficient (Wildman–Crippen LogP) is 4.00. The molecule has 0 aliphatic heterocycles. The van der Waals surface area contributed by atoms with Crippen LogP contribution in [0, 0.1) is 0 Å². The van der Waals surface area contributed by atoms with Gasteiger partial charge in [-0.05, 0) is 29.6 Å². The summed E-state index contributed by atoms with van der Waals surface area (Å²) in [6, 6.07) is 8.52. The number of carbonyl (C=O) groups is 2. The molecule has 1 aromatic carbocycles. The summed E-state index contributed by atoms with van der Waals surface area (Å²) in [5.74, 6) is -0.288. The Bertz CT molecular complexity index is 626. The van der Waals surface area contributed by atoms with Crippen LogP contribution in [0.15, 0.2) is 35.7 Å². The van der Waals surface area contributed by atoms with Gasteiger partial charge in [0.15, 0.2) is 0 Å². The SMILES string of the molecule is CCC(=O)Nc1ccc(NC(=O)c2cccs2)c(Cl)c1. The van der Waals surface area contributed by atoms with Crippen molar-refractivity contribution >= 4 is 46.1 Å². The van der Waals surface area contributed by atoms with E-state index in [4.69, 9.17) is 11.6 Å². The number of nitrogens with one attached hydrogen (secondary N) is 2. The van der Waals surface area contributed by atoms with Crippen molar-refractivity contribution in [3.05, 3.63) is 45.6 Å². The summed E-state index contributed by atoms with van der Waals surface area (Å²) in [6.45, 7) is 1.77. The van der Waals surface area contributed by atoms with E-state index in [1.807, 2.05) is 11.4 Å². The van der Waals surface area contributed by atoms with E-state index >= 15 is 0 Å². The summed E-state index contributed by atoms with van der Waals surface area (Å²) in [5.41, 5.74) is 1.12. The zero-order valence-electron chi connectivity index (χ0n) is 10.8. The monoisotopic (exact) mass is 308 g/mol. The molecule has 0 saturated carbocycles. The second kappa shape index (κ2) is 6.54. The summed E-state index contributed by atoms with van der Waals surface area (Å²) >= 11 is 7.46. The van der Waals surface area contributed by atoms with E-state index in [2.05, 4.69) is 10.6 Å². The van der Waals surface area contributed by atoms with E-state index in [1.54, 1.807) is 31.2 Å². The largest absolute Gasteiger partial charge is 0.326 e. The molecule has 0 fully saturated rings. The number of thiophene rings is 1. The molecule has 0 aliphatic carbocycles. The van der Waals surface area contributed by atoms with Crippen LogP contribution in [0.1, 0.15) is 23.0 Å². The number of benzene rings is 1. The molecule has 104 valence electrons. The number of hydrogen-bond acceptors (Lipinski definition) is 3. The Hall–Kier alpha value is -1.85. The van der Waals surface area contributed by atoms with E-state index < -0.39 is 0 Å². The Morgan fingerprint density at radius 1 is 1.25 bits per heavy atom. The van der Waals surface area contributed by atoms with Crippen LogP contribution in [-0.2, 0) is 4.79 Å². The molecular formula is C14H13ClN2O2S. The fraction of sp³-hybridized carbons (Fsp3) is 0.143. The van der Waals surface area contributed by atoms with Crippen molar-refractivity contribution in [1.29, 1.82) is 0 Å². The Balaban J connectivity index is 2.10. The van der Waals surface area contributed by atoms with E-state index in [0.29, 0.717) is 27.7 Å². The van der Waals surface area contributed by atoms with Gasteiger partial charge in [-0.3, -0.25) is 9.59 Å². The lowest BCUT2D eigenvalue weighted by atomic mass is 10.2. The number of anilines is 2. The quantitative estimate of drug-likeness (QED) is 0.897. The molecule has 0 aliphatic rings. The van der Waals surface area contributed by atoms with Gasteiger partial charge in [0.2, 0.25) is 5.91 Å². The first-order valence-corrected chi connectivity index (χ1v) is 7.30. The van der Waals surface area contributed by atoms with Gasteiger partial charge < -0.3 is 10.6 Å². The highest BCUT2D eigenvalue weighted by atomic mass is 35.5. The highest BCUT2D eigenvalue weighted by Crippen LogP contribution is 2.26. The van der Waals surface area contributed by atoms with E-state index in [9.17, 15) is 9.59 Å². The van der Waals surface area contributed by atoms with Gasteiger partial charge in [-0.1, -0.05) is 24.6 Å². The second-order valence-corrected chi connectivity index (χ2v) is 5.38. The molecule has 0 atom stereocenters. The van der Waals surface area contributed by atoms with Gasteiger partial charge in [0.1, 0.15) is 0 Å². The molecule has 0 unspecified atom stereocenters.